The number of pyridine rings is 2. The van der Waals surface area contributed by atoms with Crippen LogP contribution in [0.25, 0.3) is 34.1 Å². The van der Waals surface area contributed by atoms with Crippen molar-refractivity contribution in [3.8, 4) is 22.8 Å². The Morgan fingerprint density at radius 1 is 0.463 bits per heavy atom. The number of carboxylic acid groups (broad SMARTS) is 1. The SMILES string of the molecule is Fc1cccc([C@H]2CCCN2c2ccc3ncc(-c4cccc(N5CCNCC5)n4)n3n2)c1.O=C(O)CCOCCNc1ccc2c(c1)C(=O)N(C1CCC(=O)NC1=O)C2=O.O=C1CCC(N2C(=O)c3ccc(NCCOCCC(=O)N4CCN(c5cccc(-c6cnc7ccc(N8CCC[C@@H]8c8cccc(F)c8)nn67)n5)CC4)cc3C2=O)C(=O)N1. The van der Waals surface area contributed by atoms with Crippen molar-refractivity contribution in [2.45, 2.75) is 88.4 Å². The van der Waals surface area contributed by atoms with Crippen LogP contribution < -0.4 is 46.2 Å². The summed E-state index contributed by atoms with van der Waals surface area (Å²) in [5.74, 6) is -2.32. The smallest absolute Gasteiger partial charge is 0.305 e. The maximum Gasteiger partial charge on any atom is 0.305 e. The number of nitrogens with one attached hydrogen (secondary N) is 5. The number of fused-ring (bicyclic) bond motifs is 4. The van der Waals surface area contributed by atoms with E-state index in [2.05, 4.69) is 62.2 Å². The Morgan fingerprint density at radius 2 is 0.917 bits per heavy atom. The summed E-state index contributed by atoms with van der Waals surface area (Å²) in [5, 5.41) is 32.4. The highest BCUT2D eigenvalue weighted by atomic mass is 19.1. The van der Waals surface area contributed by atoms with Crippen molar-refractivity contribution in [1.29, 1.82) is 0 Å². The Labute approximate surface area is 692 Å². The lowest BCUT2D eigenvalue weighted by atomic mass is 10.0. The third-order valence-electron chi connectivity index (χ3n) is 22.6. The van der Waals surface area contributed by atoms with Gasteiger partial charge in [-0.25, -0.2) is 37.7 Å². The van der Waals surface area contributed by atoms with Crippen LogP contribution in [0, 0.1) is 11.6 Å². The van der Waals surface area contributed by atoms with E-state index in [0.717, 1.165) is 138 Å². The van der Waals surface area contributed by atoms with Crippen LogP contribution in [0.1, 0.15) is 129 Å². The fourth-order valence-corrected chi connectivity index (χ4v) is 16.5. The summed E-state index contributed by atoms with van der Waals surface area (Å²) in [7, 11) is 0. The summed E-state index contributed by atoms with van der Waals surface area (Å²) < 4.78 is 42.5. The molecule has 6 aromatic heterocycles. The zero-order valence-corrected chi connectivity index (χ0v) is 66.0. The molecule has 2 unspecified atom stereocenters. The number of anilines is 6. The number of benzene rings is 4. The van der Waals surface area contributed by atoms with E-state index in [-0.39, 0.29) is 110 Å². The fourth-order valence-electron chi connectivity index (χ4n) is 16.5. The largest absolute Gasteiger partial charge is 0.481 e. The second-order valence-corrected chi connectivity index (χ2v) is 30.3. The van der Waals surface area contributed by atoms with Crippen molar-refractivity contribution in [3.63, 3.8) is 0 Å². The molecule has 0 radical (unpaired) electrons. The number of halogens is 2. The molecule has 4 atom stereocenters. The van der Waals surface area contributed by atoms with E-state index in [0.29, 0.717) is 62.9 Å². The van der Waals surface area contributed by atoms with E-state index in [4.69, 9.17) is 34.7 Å². The molecule has 14 heterocycles. The lowest BCUT2D eigenvalue weighted by Crippen LogP contribution is -2.54. The Kier molecular flexibility index (Phi) is 24.4. The van der Waals surface area contributed by atoms with Crippen molar-refractivity contribution >= 4 is 105 Å². The zero-order chi connectivity index (χ0) is 83.8. The molecule has 35 heteroatoms. The van der Waals surface area contributed by atoms with Crippen LogP contribution in [-0.2, 0) is 38.2 Å². The molecule has 121 heavy (non-hydrogen) atoms. The van der Waals surface area contributed by atoms with Gasteiger partial charge in [0.2, 0.25) is 29.5 Å². The monoisotopic (exact) mass is 1650 g/mol. The van der Waals surface area contributed by atoms with E-state index in [1.54, 1.807) is 54.7 Å². The average Bonchev–Trinajstić information content (AvgIpc) is 1.61. The van der Waals surface area contributed by atoms with Gasteiger partial charge in [0.05, 0.1) is 97.4 Å². The number of imide groups is 4. The Hall–Kier alpha value is -13.5. The molecule has 0 aliphatic carbocycles. The first-order chi connectivity index (χ1) is 58.9. The average molecular weight is 1650 g/mol. The van der Waals surface area contributed by atoms with Gasteiger partial charge in [-0.3, -0.25) is 68.4 Å². The number of piperazine rings is 2. The van der Waals surface area contributed by atoms with Gasteiger partial charge in [-0.15, -0.1) is 10.2 Å². The van der Waals surface area contributed by atoms with Crippen LogP contribution in [0.2, 0.25) is 0 Å². The molecular weight excluding hydrogens is 1560 g/mol. The minimum absolute atomic E-state index is 0.0111. The molecule has 33 nitrogen and oxygen atoms in total. The highest BCUT2D eigenvalue weighted by molar-refractivity contribution is 6.25. The summed E-state index contributed by atoms with van der Waals surface area (Å²) in [5.41, 5.74) is 8.62. The molecule has 8 aliphatic rings. The first-order valence-corrected chi connectivity index (χ1v) is 40.6. The molecule has 0 spiro atoms. The number of piperidine rings is 2. The number of hydrogen-bond acceptors (Lipinski definition) is 25. The van der Waals surface area contributed by atoms with Crippen molar-refractivity contribution < 1.29 is 71.3 Å². The molecule has 8 aliphatic heterocycles. The number of carbonyl (C=O) groups is 10. The van der Waals surface area contributed by atoms with Crippen molar-refractivity contribution in [3.05, 3.63) is 203 Å². The maximum absolute atomic E-state index is 14.1. The summed E-state index contributed by atoms with van der Waals surface area (Å²) in [6.45, 7) is 9.62. The number of aromatic nitrogens is 8. The normalized spacial score (nSPS) is 19.1. The highest BCUT2D eigenvalue weighted by Crippen LogP contribution is 2.39. The second kappa shape index (κ2) is 36.4. The zero-order valence-electron chi connectivity index (χ0n) is 66.0. The van der Waals surface area contributed by atoms with E-state index >= 15 is 0 Å². The third kappa shape index (κ3) is 17.9. The van der Waals surface area contributed by atoms with Crippen LogP contribution in [-0.4, -0.2) is 235 Å². The molecule has 624 valence electrons. The maximum atomic E-state index is 14.1. The summed E-state index contributed by atoms with van der Waals surface area (Å²) >= 11 is 0. The predicted octanol–water partition coefficient (Wildman–Crippen LogP) is 7.51. The summed E-state index contributed by atoms with van der Waals surface area (Å²) in [6.07, 6.45) is 8.03. The Balaban J connectivity index is 0.000000150. The lowest BCUT2D eigenvalue weighted by Gasteiger charge is -2.35. The summed E-state index contributed by atoms with van der Waals surface area (Å²) in [6, 6.07) is 41.2. The molecule has 0 bridgehead atoms. The molecule has 18 rings (SSSR count). The minimum atomic E-state index is -1.02. The van der Waals surface area contributed by atoms with Crippen LogP contribution in [0.3, 0.4) is 0 Å². The molecule has 6 N–H and O–H groups in total. The molecule has 4 aromatic carbocycles. The topological polar surface area (TPSA) is 378 Å². The van der Waals surface area contributed by atoms with Gasteiger partial charge >= 0.3 is 5.97 Å². The second-order valence-electron chi connectivity index (χ2n) is 30.3. The van der Waals surface area contributed by atoms with Gasteiger partial charge in [-0.1, -0.05) is 36.4 Å². The first-order valence-electron chi connectivity index (χ1n) is 40.6. The van der Waals surface area contributed by atoms with E-state index < -0.39 is 65.3 Å². The Morgan fingerprint density at radius 3 is 1.38 bits per heavy atom. The number of carboxylic acids is 1. The van der Waals surface area contributed by atoms with Crippen LogP contribution >= 0.6 is 0 Å². The number of nitrogens with zero attached hydrogens (tertiary/aromatic N) is 15. The molecule has 9 amide bonds. The van der Waals surface area contributed by atoms with Crippen molar-refractivity contribution in [1.82, 2.24) is 69.8 Å². The molecular formula is C86H88F2N20O13. The standard InChI is InChI=1S/C43H43FN10O6.C25H26FN7.C18H19N3O7/c44-28-5-1-4-27(24-28)33-7-3-17-52(33)38-13-12-36-46-26-35(54(36)49-38)32-6-2-8-37(47-32)50-18-20-51(21-19-50)40(56)15-22-60-23-16-45-29-9-10-30-31(25-29)43(59)53(42(30)58)34-11-14-39(55)48-41(34)57;26-19-5-1-4-18(16-19)21-7-3-13-32(21)25-10-9-23-28-17-22(33(23)30-25)20-6-2-8-24(29-20)31-14-11-27-12-15-31;22-14-4-3-13(16(25)20-14)21-17(26)11-2-1-10(9-12(11)18(21)27)19-6-8-28-7-5-15(23)24/h1-2,4-6,8-10,12-13,24-26,33-34,45H,3,7,11,14-23H2,(H,48,55,57);1-2,4-6,8-10,16-17,21,27H,3,7,11-15H2;1-2,9,13,19H,3-8H2,(H,23,24)(H,20,22,25)/t33-,34?;21-;/m11./s1. The van der Waals surface area contributed by atoms with Crippen LogP contribution in [0.15, 0.2) is 158 Å². The number of rotatable bonds is 24. The van der Waals surface area contributed by atoms with E-state index in [9.17, 15) is 56.7 Å². The number of imidazole rings is 2. The van der Waals surface area contributed by atoms with Gasteiger partial charge < -0.3 is 55.0 Å². The van der Waals surface area contributed by atoms with Gasteiger partial charge in [0.25, 0.3) is 23.6 Å². The molecule has 6 saturated heterocycles. The van der Waals surface area contributed by atoms with E-state index in [1.165, 1.54) is 24.3 Å². The number of ether oxygens (including phenoxy) is 2. The van der Waals surface area contributed by atoms with Crippen molar-refractivity contribution in [2.75, 3.05) is 135 Å². The number of hydrogen-bond donors (Lipinski definition) is 6. The van der Waals surface area contributed by atoms with Gasteiger partial charge in [0, 0.05) is 103 Å². The fraction of sp³-hybridized carbons (Fsp3) is 0.349. The number of carbonyl (C=O) groups excluding carboxylic acids is 9. The van der Waals surface area contributed by atoms with Crippen LogP contribution in [0.4, 0.5) is 43.4 Å². The summed E-state index contributed by atoms with van der Waals surface area (Å²) in [4.78, 5) is 154. The minimum Gasteiger partial charge on any atom is -0.481 e. The number of aliphatic carboxylic acids is 1. The van der Waals surface area contributed by atoms with E-state index in [1.807, 2.05) is 86.9 Å². The van der Waals surface area contributed by atoms with Gasteiger partial charge in [0.1, 0.15) is 58.4 Å². The Bertz CT molecular complexity index is 5660. The predicted molar refractivity (Wildman–Crippen MR) is 439 cm³/mol. The van der Waals surface area contributed by atoms with Gasteiger partial charge in [0.15, 0.2) is 11.3 Å². The molecule has 10 aromatic rings. The quantitative estimate of drug-likeness (QED) is 0.0251. The highest BCUT2D eigenvalue weighted by Gasteiger charge is 2.47. The van der Waals surface area contributed by atoms with Crippen LogP contribution in [0.5, 0.6) is 0 Å². The van der Waals surface area contributed by atoms with Gasteiger partial charge in [-0.05, 0) is 159 Å². The first kappa shape index (κ1) is 81.2. The molecule has 6 fully saturated rings. The molecule has 0 saturated carbocycles. The lowest BCUT2D eigenvalue weighted by molar-refractivity contribution is -0.138. The van der Waals surface area contributed by atoms with Crippen molar-refractivity contribution in [2.24, 2.45) is 0 Å². The number of amides is 9. The van der Waals surface area contributed by atoms with Gasteiger partial charge in [-0.2, -0.15) is 0 Å². The third-order valence-corrected chi connectivity index (χ3v) is 22.6.